The predicted octanol–water partition coefficient (Wildman–Crippen LogP) is 2.99. The summed E-state index contributed by atoms with van der Waals surface area (Å²) in [5, 5.41) is 11.9. The summed E-state index contributed by atoms with van der Waals surface area (Å²) in [6.07, 6.45) is 1.72. The zero-order valence-electron chi connectivity index (χ0n) is 9.51. The first kappa shape index (κ1) is 11.8. The van der Waals surface area contributed by atoms with E-state index >= 15 is 0 Å². The van der Waals surface area contributed by atoms with Crippen molar-refractivity contribution in [3.63, 3.8) is 0 Å². The maximum absolute atomic E-state index is 10.7. The third kappa shape index (κ3) is 2.91. The fourth-order valence-electron chi connectivity index (χ4n) is 1.53. The van der Waals surface area contributed by atoms with E-state index in [0.29, 0.717) is 5.56 Å². The van der Waals surface area contributed by atoms with Gasteiger partial charge in [-0.05, 0) is 24.1 Å². The largest absolute Gasteiger partial charge is 0.478 e. The zero-order valence-corrected chi connectivity index (χ0v) is 10.3. The van der Waals surface area contributed by atoms with E-state index in [9.17, 15) is 4.79 Å². The van der Waals surface area contributed by atoms with Gasteiger partial charge in [0.05, 0.1) is 16.3 Å². The van der Waals surface area contributed by atoms with Crippen LogP contribution in [-0.2, 0) is 12.8 Å². The van der Waals surface area contributed by atoms with E-state index < -0.39 is 5.97 Å². The number of rotatable bonds is 4. The highest BCUT2D eigenvalue weighted by atomic mass is 32.1. The quantitative estimate of drug-likeness (QED) is 0.903. The maximum atomic E-state index is 10.7. The summed E-state index contributed by atoms with van der Waals surface area (Å²) in [5.74, 6) is -0.890. The van der Waals surface area contributed by atoms with Gasteiger partial charge in [0.1, 0.15) is 0 Å². The number of aromatic carboxylic acids is 1. The molecule has 0 aliphatic rings. The lowest BCUT2D eigenvalue weighted by Gasteiger charge is -1.99. The van der Waals surface area contributed by atoms with Crippen LogP contribution >= 0.6 is 11.3 Å². The molecule has 88 valence electrons. The molecule has 1 aromatic heterocycles. The molecule has 1 heterocycles. The van der Waals surface area contributed by atoms with Gasteiger partial charge in [-0.1, -0.05) is 19.1 Å². The zero-order chi connectivity index (χ0) is 12.3. The van der Waals surface area contributed by atoms with Gasteiger partial charge in [0.15, 0.2) is 0 Å². The van der Waals surface area contributed by atoms with E-state index in [1.54, 1.807) is 23.5 Å². The van der Waals surface area contributed by atoms with E-state index in [1.807, 2.05) is 12.1 Å². The lowest BCUT2D eigenvalue weighted by molar-refractivity contribution is 0.0697. The van der Waals surface area contributed by atoms with E-state index in [1.165, 1.54) is 0 Å². The number of hydrogen-bond acceptors (Lipinski definition) is 3. The smallest absolute Gasteiger partial charge is 0.335 e. The molecule has 0 unspecified atom stereocenters. The second-order valence-corrected chi connectivity index (χ2v) is 4.71. The van der Waals surface area contributed by atoms with Crippen molar-refractivity contribution in [2.24, 2.45) is 0 Å². The molecule has 0 radical (unpaired) electrons. The minimum absolute atomic E-state index is 0.321. The van der Waals surface area contributed by atoms with Crippen molar-refractivity contribution in [2.75, 3.05) is 0 Å². The van der Waals surface area contributed by atoms with Crippen LogP contribution in [0.15, 0.2) is 29.6 Å². The molecule has 1 N–H and O–H groups in total. The van der Waals surface area contributed by atoms with Crippen LogP contribution in [-0.4, -0.2) is 16.1 Å². The van der Waals surface area contributed by atoms with Gasteiger partial charge in [-0.15, -0.1) is 11.3 Å². The molecular formula is C13H13NO2S. The van der Waals surface area contributed by atoms with Crippen LogP contribution in [0.3, 0.4) is 0 Å². The van der Waals surface area contributed by atoms with Gasteiger partial charge >= 0.3 is 5.97 Å². The van der Waals surface area contributed by atoms with Gasteiger partial charge < -0.3 is 5.11 Å². The molecule has 1 aromatic carbocycles. The van der Waals surface area contributed by atoms with Crippen LogP contribution in [0.5, 0.6) is 0 Å². The molecule has 0 aliphatic heterocycles. The molecule has 0 saturated carbocycles. The second kappa shape index (κ2) is 5.10. The number of thiazole rings is 1. The molecular weight excluding hydrogens is 234 g/mol. The summed E-state index contributed by atoms with van der Waals surface area (Å²) in [6, 6.07) is 6.95. The van der Waals surface area contributed by atoms with Crippen molar-refractivity contribution < 1.29 is 9.90 Å². The van der Waals surface area contributed by atoms with Crippen LogP contribution in [0.2, 0.25) is 0 Å². The van der Waals surface area contributed by atoms with Gasteiger partial charge in [0, 0.05) is 11.8 Å². The molecule has 4 heteroatoms. The van der Waals surface area contributed by atoms with Crippen molar-refractivity contribution in [2.45, 2.75) is 19.8 Å². The molecule has 0 atom stereocenters. The average Bonchev–Trinajstić information content (AvgIpc) is 2.77. The number of carboxylic acid groups (broad SMARTS) is 1. The number of carbonyl (C=O) groups is 1. The van der Waals surface area contributed by atoms with Crippen molar-refractivity contribution in [1.29, 1.82) is 0 Å². The minimum Gasteiger partial charge on any atom is -0.478 e. The molecule has 2 rings (SSSR count). The van der Waals surface area contributed by atoms with Gasteiger partial charge in [-0.25, -0.2) is 9.78 Å². The van der Waals surface area contributed by atoms with Gasteiger partial charge in [-0.2, -0.15) is 0 Å². The standard InChI is InChI=1S/C13H13NO2S/c1-2-11-8-17-12(14-11)7-9-3-5-10(6-4-9)13(15)16/h3-6,8H,2,7H2,1H3,(H,15,16). The Balaban J connectivity index is 2.10. The third-order valence-corrected chi connectivity index (χ3v) is 3.42. The fraction of sp³-hybridized carbons (Fsp3) is 0.231. The molecule has 0 bridgehead atoms. The van der Waals surface area contributed by atoms with Crippen LogP contribution in [0.25, 0.3) is 0 Å². The van der Waals surface area contributed by atoms with E-state index in [-0.39, 0.29) is 0 Å². The predicted molar refractivity (Wildman–Crippen MR) is 67.7 cm³/mol. The molecule has 2 aromatic rings. The van der Waals surface area contributed by atoms with Crippen LogP contribution in [0, 0.1) is 0 Å². The first-order valence-corrected chi connectivity index (χ1v) is 6.32. The van der Waals surface area contributed by atoms with E-state index in [2.05, 4.69) is 17.3 Å². The monoisotopic (exact) mass is 247 g/mol. The van der Waals surface area contributed by atoms with Gasteiger partial charge in [0.2, 0.25) is 0 Å². The fourth-order valence-corrected chi connectivity index (χ4v) is 2.44. The average molecular weight is 247 g/mol. The van der Waals surface area contributed by atoms with Crippen LogP contribution in [0.4, 0.5) is 0 Å². The lowest BCUT2D eigenvalue weighted by atomic mass is 10.1. The number of aryl methyl sites for hydroxylation is 1. The number of carboxylic acids is 1. The molecule has 3 nitrogen and oxygen atoms in total. The summed E-state index contributed by atoms with van der Waals surface area (Å²) in [6.45, 7) is 2.08. The summed E-state index contributed by atoms with van der Waals surface area (Å²) in [5.41, 5.74) is 2.53. The Hall–Kier alpha value is -1.68. The van der Waals surface area contributed by atoms with Gasteiger partial charge in [0.25, 0.3) is 0 Å². The Morgan fingerprint density at radius 3 is 2.59 bits per heavy atom. The van der Waals surface area contributed by atoms with Crippen molar-refractivity contribution in [3.8, 4) is 0 Å². The number of nitrogens with zero attached hydrogens (tertiary/aromatic N) is 1. The van der Waals surface area contributed by atoms with E-state index in [0.717, 1.165) is 29.1 Å². The van der Waals surface area contributed by atoms with Crippen molar-refractivity contribution in [1.82, 2.24) is 4.98 Å². The molecule has 0 aliphatic carbocycles. The second-order valence-electron chi connectivity index (χ2n) is 3.76. The topological polar surface area (TPSA) is 50.2 Å². The van der Waals surface area contributed by atoms with Crippen molar-refractivity contribution >= 4 is 17.3 Å². The van der Waals surface area contributed by atoms with E-state index in [4.69, 9.17) is 5.11 Å². The number of benzene rings is 1. The molecule has 0 amide bonds. The molecule has 0 saturated heterocycles. The normalized spacial score (nSPS) is 10.4. The third-order valence-electron chi connectivity index (χ3n) is 2.52. The Bertz CT molecular complexity index is 516. The number of hydrogen-bond donors (Lipinski definition) is 1. The summed E-state index contributed by atoms with van der Waals surface area (Å²) >= 11 is 1.65. The summed E-state index contributed by atoms with van der Waals surface area (Å²) in [7, 11) is 0. The highest BCUT2D eigenvalue weighted by molar-refractivity contribution is 7.09. The Kier molecular flexibility index (Phi) is 3.54. The summed E-state index contributed by atoms with van der Waals surface area (Å²) < 4.78 is 0. The number of aromatic nitrogens is 1. The first-order valence-electron chi connectivity index (χ1n) is 5.44. The Morgan fingerprint density at radius 1 is 1.35 bits per heavy atom. The lowest BCUT2D eigenvalue weighted by Crippen LogP contribution is -1.96. The molecule has 17 heavy (non-hydrogen) atoms. The minimum atomic E-state index is -0.890. The highest BCUT2D eigenvalue weighted by Gasteiger charge is 2.04. The van der Waals surface area contributed by atoms with Gasteiger partial charge in [-0.3, -0.25) is 0 Å². The highest BCUT2D eigenvalue weighted by Crippen LogP contribution is 2.15. The van der Waals surface area contributed by atoms with Crippen LogP contribution in [0.1, 0.15) is 33.5 Å². The maximum Gasteiger partial charge on any atom is 0.335 e. The molecule has 0 fully saturated rings. The van der Waals surface area contributed by atoms with Crippen molar-refractivity contribution in [3.05, 3.63) is 51.5 Å². The van der Waals surface area contributed by atoms with Crippen LogP contribution < -0.4 is 0 Å². The first-order chi connectivity index (χ1) is 8.19. The SMILES string of the molecule is CCc1csc(Cc2ccc(C(=O)O)cc2)n1. The Morgan fingerprint density at radius 2 is 2.06 bits per heavy atom. The summed E-state index contributed by atoms with van der Waals surface area (Å²) in [4.78, 5) is 15.2. The Labute approximate surface area is 104 Å². The molecule has 0 spiro atoms.